The number of aryl methyl sites for hydroxylation is 1. The molecule has 7 nitrogen and oxygen atoms in total. The van der Waals surface area contributed by atoms with Crippen LogP contribution in [0.4, 0.5) is 0 Å². The van der Waals surface area contributed by atoms with Gasteiger partial charge in [0.2, 0.25) is 11.8 Å². The third-order valence-corrected chi connectivity index (χ3v) is 4.97. The zero-order valence-electron chi connectivity index (χ0n) is 14.7. The fourth-order valence-electron chi connectivity index (χ4n) is 3.72. The second kappa shape index (κ2) is 6.57. The number of fused-ring (bicyclic) bond motifs is 1. The minimum absolute atomic E-state index is 0.0228. The van der Waals surface area contributed by atoms with E-state index < -0.39 is 5.60 Å². The lowest BCUT2D eigenvalue weighted by atomic mass is 9.89. The Hall–Kier alpha value is -2.67. The van der Waals surface area contributed by atoms with E-state index in [4.69, 9.17) is 4.52 Å². The zero-order chi connectivity index (χ0) is 18.1. The van der Waals surface area contributed by atoms with Crippen LogP contribution in [-0.4, -0.2) is 49.7 Å². The van der Waals surface area contributed by atoms with E-state index in [-0.39, 0.29) is 18.9 Å². The monoisotopic (exact) mass is 354 g/mol. The van der Waals surface area contributed by atoms with Gasteiger partial charge < -0.3 is 19.5 Å². The Morgan fingerprint density at radius 2 is 2.27 bits per heavy atom. The fourth-order valence-corrected chi connectivity index (χ4v) is 3.72. The summed E-state index contributed by atoms with van der Waals surface area (Å²) in [5, 5.41) is 15.8. The van der Waals surface area contributed by atoms with E-state index in [1.54, 1.807) is 11.8 Å². The zero-order valence-corrected chi connectivity index (χ0v) is 14.7. The van der Waals surface area contributed by atoms with Gasteiger partial charge >= 0.3 is 0 Å². The van der Waals surface area contributed by atoms with E-state index in [0.29, 0.717) is 31.1 Å². The molecular weight excluding hydrogens is 332 g/mol. The van der Waals surface area contributed by atoms with Gasteiger partial charge in [0.05, 0.1) is 18.4 Å². The van der Waals surface area contributed by atoms with Crippen LogP contribution in [0.1, 0.15) is 30.1 Å². The summed E-state index contributed by atoms with van der Waals surface area (Å²) < 4.78 is 5.13. The lowest BCUT2D eigenvalue weighted by Gasteiger charge is -2.38. The number of rotatable bonds is 4. The molecule has 1 atom stereocenters. The molecule has 1 aromatic carbocycles. The van der Waals surface area contributed by atoms with Gasteiger partial charge in [0.25, 0.3) is 0 Å². The molecule has 1 unspecified atom stereocenters. The summed E-state index contributed by atoms with van der Waals surface area (Å²) in [4.78, 5) is 21.9. The molecule has 136 valence electrons. The van der Waals surface area contributed by atoms with E-state index in [0.717, 1.165) is 22.9 Å². The van der Waals surface area contributed by atoms with Crippen LogP contribution >= 0.6 is 0 Å². The summed E-state index contributed by atoms with van der Waals surface area (Å²) in [6.07, 6.45) is 3.85. The van der Waals surface area contributed by atoms with E-state index in [1.165, 1.54) is 0 Å². The summed E-state index contributed by atoms with van der Waals surface area (Å²) in [5.74, 6) is 0.984. The molecule has 26 heavy (non-hydrogen) atoms. The Balaban J connectivity index is 1.46. The van der Waals surface area contributed by atoms with Gasteiger partial charge in [-0.2, -0.15) is 4.98 Å². The van der Waals surface area contributed by atoms with Gasteiger partial charge in [0.1, 0.15) is 0 Å². The molecular formula is C19H22N4O3. The molecule has 2 N–H and O–H groups in total. The number of para-hydroxylation sites is 1. The maximum atomic E-state index is 12.8. The molecule has 4 rings (SSSR count). The number of amides is 1. The van der Waals surface area contributed by atoms with Crippen LogP contribution < -0.4 is 0 Å². The number of β-amino-alcohol motifs (C(OH)–C–C–N with tert-alkyl or cyclic N) is 1. The number of H-pyrrole nitrogens is 1. The number of nitrogens with zero attached hydrogens (tertiary/aromatic N) is 3. The van der Waals surface area contributed by atoms with Crippen LogP contribution in [0.3, 0.4) is 0 Å². The third kappa shape index (κ3) is 3.35. The number of hydrogen-bond acceptors (Lipinski definition) is 5. The number of aromatic nitrogens is 3. The average Bonchev–Trinajstić information content (AvgIpc) is 3.21. The van der Waals surface area contributed by atoms with Crippen molar-refractivity contribution in [1.29, 1.82) is 0 Å². The lowest BCUT2D eigenvalue weighted by Crippen LogP contribution is -2.51. The SMILES string of the molecule is Cc1noc(CC2(O)CCCN(C(=O)Cc3c[nH]c4ccccc34)C2)n1. The molecule has 3 heterocycles. The van der Waals surface area contributed by atoms with E-state index in [2.05, 4.69) is 15.1 Å². The standard InChI is InChI=1S/C19H22N4O3/c1-13-21-17(26-22-13)10-19(25)7-4-8-23(12-19)18(24)9-14-11-20-16-6-3-2-5-15(14)16/h2-3,5-6,11,20,25H,4,7-10,12H2,1H3. The van der Waals surface area contributed by atoms with Crippen molar-refractivity contribution in [3.05, 3.63) is 47.7 Å². The quantitative estimate of drug-likeness (QED) is 0.747. The number of carbonyl (C=O) groups excluding carboxylic acids is 1. The smallest absolute Gasteiger partial charge is 0.229 e. The fraction of sp³-hybridized carbons (Fsp3) is 0.421. The van der Waals surface area contributed by atoms with Crippen LogP contribution in [0, 0.1) is 6.92 Å². The number of likely N-dealkylation sites (tertiary alicyclic amines) is 1. The Morgan fingerprint density at radius 3 is 3.08 bits per heavy atom. The number of carbonyl (C=O) groups is 1. The minimum Gasteiger partial charge on any atom is -0.388 e. The topological polar surface area (TPSA) is 95.3 Å². The van der Waals surface area contributed by atoms with Crippen molar-refractivity contribution in [2.45, 2.75) is 38.2 Å². The highest BCUT2D eigenvalue weighted by atomic mass is 16.5. The predicted molar refractivity (Wildman–Crippen MR) is 95.5 cm³/mol. The maximum absolute atomic E-state index is 12.8. The number of aromatic amines is 1. The maximum Gasteiger partial charge on any atom is 0.229 e. The number of aliphatic hydroxyl groups is 1. The van der Waals surface area contributed by atoms with Gasteiger partial charge in [-0.3, -0.25) is 4.79 Å². The molecule has 1 fully saturated rings. The van der Waals surface area contributed by atoms with Crippen molar-refractivity contribution in [1.82, 2.24) is 20.0 Å². The highest BCUT2D eigenvalue weighted by Crippen LogP contribution is 2.26. The largest absolute Gasteiger partial charge is 0.388 e. The molecule has 0 spiro atoms. The van der Waals surface area contributed by atoms with Crippen molar-refractivity contribution in [2.75, 3.05) is 13.1 Å². The number of piperidine rings is 1. The summed E-state index contributed by atoms with van der Waals surface area (Å²) in [6.45, 7) is 2.69. The first-order valence-corrected chi connectivity index (χ1v) is 8.87. The average molecular weight is 354 g/mol. The number of benzene rings is 1. The van der Waals surface area contributed by atoms with Crippen molar-refractivity contribution in [3.63, 3.8) is 0 Å². The van der Waals surface area contributed by atoms with Gasteiger partial charge in [-0.05, 0) is 31.4 Å². The van der Waals surface area contributed by atoms with Crippen LogP contribution in [-0.2, 0) is 17.6 Å². The lowest BCUT2D eigenvalue weighted by molar-refractivity contribution is -0.137. The Bertz CT molecular complexity index is 932. The molecule has 0 aliphatic carbocycles. The first-order valence-electron chi connectivity index (χ1n) is 8.87. The van der Waals surface area contributed by atoms with Crippen molar-refractivity contribution < 1.29 is 14.4 Å². The van der Waals surface area contributed by atoms with E-state index in [1.807, 2.05) is 30.5 Å². The highest BCUT2D eigenvalue weighted by Gasteiger charge is 2.37. The summed E-state index contributed by atoms with van der Waals surface area (Å²) in [6, 6.07) is 7.94. The second-order valence-corrected chi connectivity index (χ2v) is 7.09. The molecule has 1 aliphatic rings. The first-order chi connectivity index (χ1) is 12.5. The van der Waals surface area contributed by atoms with Gasteiger partial charge in [0.15, 0.2) is 5.82 Å². The van der Waals surface area contributed by atoms with Crippen molar-refractivity contribution in [2.24, 2.45) is 0 Å². The first kappa shape index (κ1) is 16.8. The normalized spacial score (nSPS) is 20.6. The van der Waals surface area contributed by atoms with Crippen LogP contribution in [0.2, 0.25) is 0 Å². The van der Waals surface area contributed by atoms with Crippen molar-refractivity contribution in [3.8, 4) is 0 Å². The summed E-state index contributed by atoms with van der Waals surface area (Å²) in [7, 11) is 0. The number of nitrogens with one attached hydrogen (secondary N) is 1. The molecule has 2 aromatic heterocycles. The molecule has 1 amide bonds. The molecule has 3 aromatic rings. The minimum atomic E-state index is -1.02. The summed E-state index contributed by atoms with van der Waals surface area (Å²) in [5.41, 5.74) is 0.983. The van der Waals surface area contributed by atoms with Gasteiger partial charge in [0, 0.05) is 30.2 Å². The molecule has 0 saturated carbocycles. The molecule has 0 bridgehead atoms. The Labute approximate surface area is 151 Å². The molecule has 1 aliphatic heterocycles. The van der Waals surface area contributed by atoms with Crippen LogP contribution in [0.5, 0.6) is 0 Å². The molecule has 1 saturated heterocycles. The highest BCUT2D eigenvalue weighted by molar-refractivity contribution is 5.88. The van der Waals surface area contributed by atoms with Crippen LogP contribution in [0.15, 0.2) is 35.0 Å². The van der Waals surface area contributed by atoms with Crippen LogP contribution in [0.25, 0.3) is 10.9 Å². The van der Waals surface area contributed by atoms with E-state index in [9.17, 15) is 9.90 Å². The second-order valence-electron chi connectivity index (χ2n) is 7.09. The molecule has 7 heteroatoms. The third-order valence-electron chi connectivity index (χ3n) is 4.97. The molecule has 0 radical (unpaired) electrons. The van der Waals surface area contributed by atoms with Crippen molar-refractivity contribution >= 4 is 16.8 Å². The van der Waals surface area contributed by atoms with Gasteiger partial charge in [-0.25, -0.2) is 0 Å². The Kier molecular flexibility index (Phi) is 4.24. The van der Waals surface area contributed by atoms with E-state index >= 15 is 0 Å². The summed E-state index contributed by atoms with van der Waals surface area (Å²) >= 11 is 0. The predicted octanol–water partition coefficient (Wildman–Crippen LogP) is 2.00. The number of hydrogen-bond donors (Lipinski definition) is 2. The van der Waals surface area contributed by atoms with Gasteiger partial charge in [-0.1, -0.05) is 23.4 Å². The Morgan fingerprint density at radius 1 is 1.42 bits per heavy atom. The van der Waals surface area contributed by atoms with Gasteiger partial charge in [-0.15, -0.1) is 0 Å².